The van der Waals surface area contributed by atoms with Gasteiger partial charge in [0.15, 0.2) is 0 Å². The Morgan fingerprint density at radius 1 is 1.59 bits per heavy atom. The van der Waals surface area contributed by atoms with Gasteiger partial charge in [-0.1, -0.05) is 13.5 Å². The van der Waals surface area contributed by atoms with E-state index in [0.717, 1.165) is 25.9 Å². The second kappa shape index (κ2) is 6.42. The summed E-state index contributed by atoms with van der Waals surface area (Å²) in [7, 11) is 0. The van der Waals surface area contributed by atoms with E-state index in [9.17, 15) is 9.59 Å². The van der Waals surface area contributed by atoms with Gasteiger partial charge in [0.05, 0.1) is 6.61 Å². The van der Waals surface area contributed by atoms with Gasteiger partial charge in [0.2, 0.25) is 5.91 Å². The molecule has 1 rings (SSSR count). The van der Waals surface area contributed by atoms with Crippen molar-refractivity contribution in [1.82, 2.24) is 4.90 Å². The Bertz CT molecular complexity index is 312. The Morgan fingerprint density at radius 3 is 2.82 bits per heavy atom. The number of rotatable bonds is 6. The van der Waals surface area contributed by atoms with Crippen LogP contribution in [-0.4, -0.2) is 36.5 Å². The van der Waals surface area contributed by atoms with Gasteiger partial charge in [-0.25, -0.2) is 4.79 Å². The Hall–Kier alpha value is -1.32. The maximum atomic E-state index is 11.4. The third-order valence-electron chi connectivity index (χ3n) is 2.91. The van der Waals surface area contributed by atoms with Gasteiger partial charge >= 0.3 is 5.97 Å². The van der Waals surface area contributed by atoms with Crippen LogP contribution < -0.4 is 0 Å². The zero-order chi connectivity index (χ0) is 12.8. The van der Waals surface area contributed by atoms with Crippen LogP contribution in [0, 0.1) is 5.92 Å². The first-order chi connectivity index (χ1) is 8.00. The van der Waals surface area contributed by atoms with Crippen molar-refractivity contribution in [2.75, 3.05) is 19.7 Å². The highest BCUT2D eigenvalue weighted by Gasteiger charge is 2.20. The quantitative estimate of drug-likeness (QED) is 0.524. The molecule has 1 heterocycles. The van der Waals surface area contributed by atoms with E-state index in [-0.39, 0.29) is 17.8 Å². The molecule has 1 unspecified atom stereocenters. The van der Waals surface area contributed by atoms with Crippen LogP contribution in [-0.2, 0) is 14.3 Å². The molecule has 0 aliphatic carbocycles. The van der Waals surface area contributed by atoms with E-state index in [1.165, 1.54) is 0 Å². The minimum Gasteiger partial charge on any atom is -0.462 e. The molecule has 1 atom stereocenters. The maximum Gasteiger partial charge on any atom is 0.333 e. The highest BCUT2D eigenvalue weighted by molar-refractivity contribution is 5.86. The lowest BCUT2D eigenvalue weighted by atomic mass is 10.1. The number of esters is 1. The standard InChI is InChI=1S/C13H21NO3/c1-10(2)13(16)17-9-11(3)6-8-14-7-4-5-12(14)15/h11H,1,4-9H2,2-3H3. The first-order valence-corrected chi connectivity index (χ1v) is 6.11. The van der Waals surface area contributed by atoms with Crippen molar-refractivity contribution in [2.45, 2.75) is 33.1 Å². The lowest BCUT2D eigenvalue weighted by molar-refractivity contribution is -0.140. The van der Waals surface area contributed by atoms with E-state index < -0.39 is 0 Å². The summed E-state index contributed by atoms with van der Waals surface area (Å²) in [5.41, 5.74) is 0.423. The molecule has 4 nitrogen and oxygen atoms in total. The number of hydrogen-bond donors (Lipinski definition) is 0. The van der Waals surface area contributed by atoms with Crippen molar-refractivity contribution >= 4 is 11.9 Å². The zero-order valence-electron chi connectivity index (χ0n) is 10.7. The van der Waals surface area contributed by atoms with E-state index in [4.69, 9.17) is 4.74 Å². The van der Waals surface area contributed by atoms with Gasteiger partial charge in [0.1, 0.15) is 0 Å². The van der Waals surface area contributed by atoms with E-state index in [0.29, 0.717) is 18.6 Å². The Kier molecular flexibility index (Phi) is 5.19. The van der Waals surface area contributed by atoms with Crippen LogP contribution in [0.1, 0.15) is 33.1 Å². The minimum atomic E-state index is -0.339. The summed E-state index contributed by atoms with van der Waals surface area (Å²) in [6.07, 6.45) is 2.52. The van der Waals surface area contributed by atoms with Gasteiger partial charge < -0.3 is 9.64 Å². The highest BCUT2D eigenvalue weighted by atomic mass is 16.5. The smallest absolute Gasteiger partial charge is 0.333 e. The predicted molar refractivity (Wildman–Crippen MR) is 65.4 cm³/mol. The maximum absolute atomic E-state index is 11.4. The number of carbonyl (C=O) groups is 2. The topological polar surface area (TPSA) is 46.6 Å². The Balaban J connectivity index is 2.16. The summed E-state index contributed by atoms with van der Waals surface area (Å²) in [5.74, 6) is 0.178. The fourth-order valence-electron chi connectivity index (χ4n) is 1.74. The van der Waals surface area contributed by atoms with E-state index in [2.05, 4.69) is 6.58 Å². The first-order valence-electron chi connectivity index (χ1n) is 6.11. The van der Waals surface area contributed by atoms with Crippen LogP contribution in [0.25, 0.3) is 0 Å². The molecular weight excluding hydrogens is 218 g/mol. The summed E-state index contributed by atoms with van der Waals surface area (Å²) in [4.78, 5) is 24.4. The van der Waals surface area contributed by atoms with E-state index >= 15 is 0 Å². The first kappa shape index (κ1) is 13.7. The predicted octanol–water partition coefficient (Wildman–Crippen LogP) is 1.75. The second-order valence-electron chi connectivity index (χ2n) is 4.76. The number of ether oxygens (including phenoxy) is 1. The summed E-state index contributed by atoms with van der Waals surface area (Å²) in [5, 5.41) is 0. The summed E-state index contributed by atoms with van der Waals surface area (Å²) in [6.45, 7) is 9.22. The molecule has 1 aliphatic rings. The zero-order valence-corrected chi connectivity index (χ0v) is 10.7. The molecule has 0 aromatic heterocycles. The highest BCUT2D eigenvalue weighted by Crippen LogP contribution is 2.12. The average molecular weight is 239 g/mol. The number of likely N-dealkylation sites (tertiary alicyclic amines) is 1. The van der Waals surface area contributed by atoms with Gasteiger partial charge in [-0.3, -0.25) is 4.79 Å². The largest absolute Gasteiger partial charge is 0.462 e. The molecule has 0 N–H and O–H groups in total. The van der Waals surface area contributed by atoms with Gasteiger partial charge in [-0.15, -0.1) is 0 Å². The molecule has 0 spiro atoms. The van der Waals surface area contributed by atoms with Crippen molar-refractivity contribution in [3.8, 4) is 0 Å². The van der Waals surface area contributed by atoms with Gasteiger partial charge in [-0.2, -0.15) is 0 Å². The second-order valence-corrected chi connectivity index (χ2v) is 4.76. The molecule has 1 aliphatic heterocycles. The molecule has 4 heteroatoms. The lowest BCUT2D eigenvalue weighted by Crippen LogP contribution is -2.27. The molecule has 0 bridgehead atoms. The summed E-state index contributed by atoms with van der Waals surface area (Å²) < 4.78 is 5.07. The number of hydrogen-bond acceptors (Lipinski definition) is 3. The number of nitrogens with zero attached hydrogens (tertiary/aromatic N) is 1. The van der Waals surface area contributed by atoms with Gasteiger partial charge in [-0.05, 0) is 25.7 Å². The van der Waals surface area contributed by atoms with Crippen molar-refractivity contribution < 1.29 is 14.3 Å². The fraction of sp³-hybridized carbons (Fsp3) is 0.692. The van der Waals surface area contributed by atoms with Gasteiger partial charge in [0.25, 0.3) is 0 Å². The Morgan fingerprint density at radius 2 is 2.29 bits per heavy atom. The van der Waals surface area contributed by atoms with Crippen molar-refractivity contribution in [3.63, 3.8) is 0 Å². The SMILES string of the molecule is C=C(C)C(=O)OCC(C)CCN1CCCC1=O. The van der Waals surface area contributed by atoms with Crippen LogP contribution in [0.2, 0.25) is 0 Å². The summed E-state index contributed by atoms with van der Waals surface area (Å²) >= 11 is 0. The molecule has 0 radical (unpaired) electrons. The summed E-state index contributed by atoms with van der Waals surface area (Å²) in [6, 6.07) is 0. The third-order valence-corrected chi connectivity index (χ3v) is 2.91. The minimum absolute atomic E-state index is 0.246. The molecule has 1 amide bonds. The van der Waals surface area contributed by atoms with Crippen molar-refractivity contribution in [3.05, 3.63) is 12.2 Å². The number of carbonyl (C=O) groups excluding carboxylic acids is 2. The van der Waals surface area contributed by atoms with Crippen LogP contribution in [0.3, 0.4) is 0 Å². The molecule has 0 aromatic rings. The monoisotopic (exact) mass is 239 g/mol. The van der Waals surface area contributed by atoms with Crippen LogP contribution in [0.15, 0.2) is 12.2 Å². The molecule has 96 valence electrons. The number of amides is 1. The molecular formula is C13H21NO3. The molecule has 17 heavy (non-hydrogen) atoms. The van der Waals surface area contributed by atoms with Gasteiger partial charge in [0, 0.05) is 25.1 Å². The molecule has 0 aromatic carbocycles. The molecule has 1 fully saturated rings. The third kappa shape index (κ3) is 4.59. The van der Waals surface area contributed by atoms with Crippen molar-refractivity contribution in [1.29, 1.82) is 0 Å². The normalized spacial score (nSPS) is 17.1. The van der Waals surface area contributed by atoms with E-state index in [1.807, 2.05) is 11.8 Å². The molecule has 0 saturated carbocycles. The average Bonchev–Trinajstić information content (AvgIpc) is 2.68. The van der Waals surface area contributed by atoms with Crippen LogP contribution in [0.4, 0.5) is 0 Å². The molecule has 1 saturated heterocycles. The Labute approximate surface area is 103 Å². The van der Waals surface area contributed by atoms with Crippen LogP contribution in [0.5, 0.6) is 0 Å². The van der Waals surface area contributed by atoms with Crippen LogP contribution >= 0.6 is 0 Å². The fourth-order valence-corrected chi connectivity index (χ4v) is 1.74. The van der Waals surface area contributed by atoms with Crippen molar-refractivity contribution in [2.24, 2.45) is 5.92 Å². The lowest BCUT2D eigenvalue weighted by Gasteiger charge is -2.18. The van der Waals surface area contributed by atoms with E-state index in [1.54, 1.807) is 6.92 Å².